The van der Waals surface area contributed by atoms with Gasteiger partial charge in [-0.1, -0.05) is 0 Å². The molecule has 0 radical (unpaired) electrons. The molecule has 0 aliphatic carbocycles. The van der Waals surface area contributed by atoms with Crippen molar-refractivity contribution in [2.24, 2.45) is 5.92 Å². The maximum Gasteiger partial charge on any atom is 0.410 e. The van der Waals surface area contributed by atoms with Gasteiger partial charge in [0.2, 0.25) is 0 Å². The highest BCUT2D eigenvalue weighted by molar-refractivity contribution is 5.78. The molecule has 6 nitrogen and oxygen atoms in total. The summed E-state index contributed by atoms with van der Waals surface area (Å²) in [6.07, 6.45) is 0.592. The van der Waals surface area contributed by atoms with Crippen LogP contribution in [0.4, 0.5) is 10.5 Å². The molecular weight excluding hydrogens is 280 g/mol. The number of carbonyl (C=O) groups excluding carboxylic acids is 1. The second-order valence-electron chi connectivity index (χ2n) is 6.92. The van der Waals surface area contributed by atoms with Gasteiger partial charge in [-0.05, 0) is 39.0 Å². The summed E-state index contributed by atoms with van der Waals surface area (Å²) in [4.78, 5) is 21.5. The monoisotopic (exact) mass is 302 g/mol. The molecule has 0 unspecified atom stereocenters. The molecule has 118 valence electrons. The van der Waals surface area contributed by atoms with Gasteiger partial charge in [0.05, 0.1) is 11.0 Å². The normalized spacial score (nSPS) is 15.9. The van der Waals surface area contributed by atoms with E-state index in [0.717, 1.165) is 29.0 Å². The largest absolute Gasteiger partial charge is 0.444 e. The topological polar surface area (TPSA) is 84.2 Å². The van der Waals surface area contributed by atoms with Gasteiger partial charge in [0, 0.05) is 31.1 Å². The van der Waals surface area contributed by atoms with Crippen molar-refractivity contribution in [1.82, 2.24) is 14.9 Å². The van der Waals surface area contributed by atoms with Gasteiger partial charge in [-0.15, -0.1) is 0 Å². The number of fused-ring (bicyclic) bond motifs is 1. The van der Waals surface area contributed by atoms with Gasteiger partial charge in [0.25, 0.3) is 0 Å². The number of rotatable bonds is 2. The number of H-pyrrole nitrogens is 1. The summed E-state index contributed by atoms with van der Waals surface area (Å²) in [5, 5.41) is 0. The Balaban J connectivity index is 1.56. The van der Waals surface area contributed by atoms with E-state index in [1.807, 2.05) is 39.0 Å². The average molecular weight is 302 g/mol. The number of benzene rings is 1. The number of nitrogen functional groups attached to an aromatic ring is 1. The summed E-state index contributed by atoms with van der Waals surface area (Å²) >= 11 is 0. The zero-order valence-corrected chi connectivity index (χ0v) is 13.2. The third kappa shape index (κ3) is 3.16. The Morgan fingerprint density at radius 2 is 2.18 bits per heavy atom. The standard InChI is InChI=1S/C16H22N4O2/c1-16(2,3)22-15(21)20-8-10(9-20)6-14-18-12-5-4-11(17)7-13(12)19-14/h4-5,7,10H,6,8-9,17H2,1-3H3,(H,18,19). The van der Waals surface area contributed by atoms with Crippen LogP contribution in [0.2, 0.25) is 0 Å². The van der Waals surface area contributed by atoms with E-state index in [-0.39, 0.29) is 6.09 Å². The molecule has 1 aliphatic heterocycles. The summed E-state index contributed by atoms with van der Waals surface area (Å²) < 4.78 is 5.35. The number of carbonyl (C=O) groups is 1. The van der Waals surface area contributed by atoms with E-state index < -0.39 is 5.60 Å². The average Bonchev–Trinajstić information content (AvgIpc) is 2.72. The van der Waals surface area contributed by atoms with Crippen molar-refractivity contribution in [1.29, 1.82) is 0 Å². The third-order valence-electron chi connectivity index (χ3n) is 3.65. The number of nitrogens with one attached hydrogen (secondary N) is 1. The summed E-state index contributed by atoms with van der Waals surface area (Å²) in [6, 6.07) is 5.65. The van der Waals surface area contributed by atoms with Crippen LogP contribution < -0.4 is 5.73 Å². The van der Waals surface area contributed by atoms with E-state index in [1.54, 1.807) is 4.90 Å². The molecule has 22 heavy (non-hydrogen) atoms. The Hall–Kier alpha value is -2.24. The Bertz CT molecular complexity index is 696. The van der Waals surface area contributed by atoms with E-state index in [0.29, 0.717) is 19.0 Å². The number of aromatic nitrogens is 2. The van der Waals surface area contributed by atoms with Crippen LogP contribution in [0.1, 0.15) is 26.6 Å². The van der Waals surface area contributed by atoms with Crippen LogP contribution in [-0.2, 0) is 11.2 Å². The second kappa shape index (κ2) is 5.19. The van der Waals surface area contributed by atoms with Gasteiger partial charge < -0.3 is 20.4 Å². The third-order valence-corrected chi connectivity index (χ3v) is 3.65. The second-order valence-corrected chi connectivity index (χ2v) is 6.92. The van der Waals surface area contributed by atoms with Crippen molar-refractivity contribution in [2.75, 3.05) is 18.8 Å². The molecular formula is C16H22N4O2. The number of hydrogen-bond acceptors (Lipinski definition) is 4. The highest BCUT2D eigenvalue weighted by atomic mass is 16.6. The lowest BCUT2D eigenvalue weighted by atomic mass is 9.97. The van der Waals surface area contributed by atoms with E-state index in [9.17, 15) is 4.79 Å². The molecule has 6 heteroatoms. The number of likely N-dealkylation sites (tertiary alicyclic amines) is 1. The number of amides is 1. The molecule has 2 aromatic rings. The fourth-order valence-electron chi connectivity index (χ4n) is 2.62. The van der Waals surface area contributed by atoms with Crippen LogP contribution >= 0.6 is 0 Å². The Morgan fingerprint density at radius 3 is 2.86 bits per heavy atom. The van der Waals surface area contributed by atoms with E-state index in [1.165, 1.54) is 0 Å². The van der Waals surface area contributed by atoms with Crippen LogP contribution in [0.5, 0.6) is 0 Å². The van der Waals surface area contributed by atoms with Crippen molar-refractivity contribution in [3.05, 3.63) is 24.0 Å². The Labute approximate surface area is 129 Å². The molecule has 0 saturated carbocycles. The van der Waals surface area contributed by atoms with Gasteiger partial charge in [-0.2, -0.15) is 0 Å². The molecule has 2 heterocycles. The summed E-state index contributed by atoms with van der Waals surface area (Å²) in [5.41, 5.74) is 7.93. The number of nitrogens with zero attached hydrogens (tertiary/aromatic N) is 2. The molecule has 3 rings (SSSR count). The number of imidazole rings is 1. The summed E-state index contributed by atoms with van der Waals surface area (Å²) in [5.74, 6) is 1.36. The van der Waals surface area contributed by atoms with Crippen molar-refractivity contribution in [3.63, 3.8) is 0 Å². The molecule has 1 saturated heterocycles. The maximum atomic E-state index is 11.9. The predicted molar refractivity (Wildman–Crippen MR) is 85.5 cm³/mol. The zero-order chi connectivity index (χ0) is 15.9. The van der Waals surface area contributed by atoms with Crippen molar-refractivity contribution in [2.45, 2.75) is 32.8 Å². The van der Waals surface area contributed by atoms with Crippen LogP contribution in [0.15, 0.2) is 18.2 Å². The van der Waals surface area contributed by atoms with Crippen LogP contribution in [-0.4, -0.2) is 39.7 Å². The van der Waals surface area contributed by atoms with Crippen LogP contribution in [0, 0.1) is 5.92 Å². The fraction of sp³-hybridized carbons (Fsp3) is 0.500. The van der Waals surface area contributed by atoms with Crippen molar-refractivity contribution < 1.29 is 9.53 Å². The number of hydrogen-bond donors (Lipinski definition) is 2. The lowest BCUT2D eigenvalue weighted by Gasteiger charge is -2.39. The Morgan fingerprint density at radius 1 is 1.45 bits per heavy atom. The molecule has 1 aliphatic rings. The number of ether oxygens (including phenoxy) is 1. The molecule has 1 aromatic heterocycles. The highest BCUT2D eigenvalue weighted by Crippen LogP contribution is 2.23. The van der Waals surface area contributed by atoms with Gasteiger partial charge in [-0.3, -0.25) is 0 Å². The predicted octanol–water partition coefficient (Wildman–Crippen LogP) is 2.55. The molecule has 1 amide bonds. The van der Waals surface area contributed by atoms with E-state index in [2.05, 4.69) is 9.97 Å². The SMILES string of the molecule is CC(C)(C)OC(=O)N1CC(Cc2nc3ccc(N)cc3[nH]2)C1. The molecule has 0 spiro atoms. The number of anilines is 1. The first-order valence-electron chi connectivity index (χ1n) is 7.52. The van der Waals surface area contributed by atoms with E-state index >= 15 is 0 Å². The highest BCUT2D eigenvalue weighted by Gasteiger charge is 2.34. The van der Waals surface area contributed by atoms with E-state index in [4.69, 9.17) is 10.5 Å². The van der Waals surface area contributed by atoms with Gasteiger partial charge in [0.1, 0.15) is 11.4 Å². The quantitative estimate of drug-likeness (QED) is 0.835. The molecule has 0 bridgehead atoms. The zero-order valence-electron chi connectivity index (χ0n) is 13.2. The minimum Gasteiger partial charge on any atom is -0.444 e. The van der Waals surface area contributed by atoms with Crippen LogP contribution in [0.25, 0.3) is 11.0 Å². The van der Waals surface area contributed by atoms with Gasteiger partial charge >= 0.3 is 6.09 Å². The lowest BCUT2D eigenvalue weighted by molar-refractivity contribution is -0.00111. The van der Waals surface area contributed by atoms with Crippen LogP contribution in [0.3, 0.4) is 0 Å². The van der Waals surface area contributed by atoms with Crippen molar-refractivity contribution >= 4 is 22.8 Å². The first kappa shape index (κ1) is 14.7. The van der Waals surface area contributed by atoms with Gasteiger partial charge in [-0.25, -0.2) is 9.78 Å². The summed E-state index contributed by atoms with van der Waals surface area (Å²) in [7, 11) is 0. The first-order chi connectivity index (χ1) is 10.3. The first-order valence-corrected chi connectivity index (χ1v) is 7.52. The molecule has 1 aromatic carbocycles. The Kier molecular flexibility index (Phi) is 3.47. The fourth-order valence-corrected chi connectivity index (χ4v) is 2.62. The molecule has 3 N–H and O–H groups in total. The molecule has 0 atom stereocenters. The minimum atomic E-state index is -0.444. The van der Waals surface area contributed by atoms with Gasteiger partial charge in [0.15, 0.2) is 0 Å². The maximum absolute atomic E-state index is 11.9. The lowest BCUT2D eigenvalue weighted by Crippen LogP contribution is -2.52. The summed E-state index contributed by atoms with van der Waals surface area (Å²) in [6.45, 7) is 7.06. The van der Waals surface area contributed by atoms with Crippen molar-refractivity contribution in [3.8, 4) is 0 Å². The molecule has 1 fully saturated rings. The minimum absolute atomic E-state index is 0.235. The smallest absolute Gasteiger partial charge is 0.410 e. The number of nitrogens with two attached hydrogens (primary N) is 1. The number of aromatic amines is 1.